The maximum absolute atomic E-state index is 3.84. The molecule has 0 aliphatic heterocycles. The van der Waals surface area contributed by atoms with Gasteiger partial charge in [0.05, 0.1) is 0 Å². The summed E-state index contributed by atoms with van der Waals surface area (Å²) in [6.45, 7) is 15.5. The van der Waals surface area contributed by atoms with Gasteiger partial charge >= 0.3 is 6.85 Å². The van der Waals surface area contributed by atoms with Crippen LogP contribution in [0, 0.1) is 48.5 Å². The van der Waals surface area contributed by atoms with E-state index >= 15 is 0 Å². The molecule has 0 aliphatic rings. The SMILES string of the molecule is Cc1ccc(NB(c2c(C)cc(C)cc2C)c2c(C)cc(C)cc2C)cc1. The van der Waals surface area contributed by atoms with Gasteiger partial charge in [0.2, 0.25) is 0 Å². The fourth-order valence-electron chi connectivity index (χ4n) is 4.40. The first kappa shape index (κ1) is 19.3. The first-order valence-electron chi connectivity index (χ1n) is 9.75. The number of aryl methyl sites for hydroxylation is 7. The van der Waals surface area contributed by atoms with E-state index in [0.29, 0.717) is 0 Å². The number of hydrogen-bond donors (Lipinski definition) is 1. The minimum Gasteiger partial charge on any atom is -0.420 e. The molecule has 3 aromatic carbocycles. The Morgan fingerprint density at radius 2 is 0.889 bits per heavy atom. The molecule has 0 spiro atoms. The van der Waals surface area contributed by atoms with Crippen LogP contribution in [0.2, 0.25) is 0 Å². The molecule has 0 aliphatic carbocycles. The van der Waals surface area contributed by atoms with Crippen LogP contribution in [-0.4, -0.2) is 6.85 Å². The average molecular weight is 355 g/mol. The van der Waals surface area contributed by atoms with Crippen LogP contribution >= 0.6 is 0 Å². The summed E-state index contributed by atoms with van der Waals surface area (Å²) in [6.07, 6.45) is 0. The molecule has 0 unspecified atom stereocenters. The predicted molar refractivity (Wildman–Crippen MR) is 121 cm³/mol. The van der Waals surface area contributed by atoms with E-state index in [1.807, 2.05) is 0 Å². The van der Waals surface area contributed by atoms with Gasteiger partial charge in [-0.1, -0.05) is 75.3 Å². The highest BCUT2D eigenvalue weighted by Crippen LogP contribution is 2.15. The minimum absolute atomic E-state index is 0.133. The first-order valence-corrected chi connectivity index (χ1v) is 9.75. The van der Waals surface area contributed by atoms with Crippen LogP contribution in [0.1, 0.15) is 38.9 Å². The number of hydrogen-bond acceptors (Lipinski definition) is 1. The molecule has 1 N–H and O–H groups in total. The summed E-state index contributed by atoms with van der Waals surface area (Å²) in [7, 11) is 0. The monoisotopic (exact) mass is 355 g/mol. The summed E-state index contributed by atoms with van der Waals surface area (Å²) in [6, 6.07) is 17.9. The van der Waals surface area contributed by atoms with Gasteiger partial charge in [-0.2, -0.15) is 0 Å². The lowest BCUT2D eigenvalue weighted by molar-refractivity contribution is 1.33. The van der Waals surface area contributed by atoms with Crippen molar-refractivity contribution in [2.45, 2.75) is 48.5 Å². The van der Waals surface area contributed by atoms with Gasteiger partial charge in [-0.3, -0.25) is 0 Å². The molecule has 0 radical (unpaired) electrons. The van der Waals surface area contributed by atoms with E-state index in [2.05, 4.69) is 102 Å². The van der Waals surface area contributed by atoms with Crippen LogP contribution in [0.15, 0.2) is 48.5 Å². The third-order valence-corrected chi connectivity index (χ3v) is 5.42. The molecule has 27 heavy (non-hydrogen) atoms. The lowest BCUT2D eigenvalue weighted by atomic mass is 9.46. The van der Waals surface area contributed by atoms with E-state index in [4.69, 9.17) is 0 Å². The minimum atomic E-state index is 0.133. The average Bonchev–Trinajstić information content (AvgIpc) is 2.54. The van der Waals surface area contributed by atoms with Gasteiger partial charge in [0, 0.05) is 5.69 Å². The zero-order valence-electron chi connectivity index (χ0n) is 17.7. The molecule has 0 saturated carbocycles. The molecule has 138 valence electrons. The number of anilines is 1. The number of benzene rings is 3. The van der Waals surface area contributed by atoms with Crippen LogP contribution in [0.5, 0.6) is 0 Å². The topological polar surface area (TPSA) is 12.0 Å². The second-order valence-electron chi connectivity index (χ2n) is 8.07. The van der Waals surface area contributed by atoms with Gasteiger partial charge in [0.1, 0.15) is 0 Å². The molecule has 0 saturated heterocycles. The maximum atomic E-state index is 3.84. The molecule has 0 heterocycles. The number of nitrogens with one attached hydrogen (secondary N) is 1. The molecular formula is C25H30BN. The Labute approximate surface area is 164 Å². The molecule has 3 aromatic rings. The second kappa shape index (κ2) is 7.64. The Kier molecular flexibility index (Phi) is 5.46. The highest BCUT2D eigenvalue weighted by atomic mass is 14.8. The van der Waals surface area contributed by atoms with Crippen molar-refractivity contribution >= 4 is 23.5 Å². The predicted octanol–water partition coefficient (Wildman–Crippen LogP) is 5.06. The summed E-state index contributed by atoms with van der Waals surface area (Å²) < 4.78 is 0. The molecular weight excluding hydrogens is 325 g/mol. The summed E-state index contributed by atoms with van der Waals surface area (Å²) in [4.78, 5) is 0. The smallest absolute Gasteiger partial charge is 0.322 e. The van der Waals surface area contributed by atoms with Crippen molar-refractivity contribution in [2.75, 3.05) is 5.23 Å². The quantitative estimate of drug-likeness (QED) is 0.645. The van der Waals surface area contributed by atoms with Gasteiger partial charge in [0.25, 0.3) is 0 Å². The number of rotatable bonds is 4. The van der Waals surface area contributed by atoms with Gasteiger partial charge in [0.15, 0.2) is 0 Å². The Hall–Kier alpha value is -2.48. The third kappa shape index (κ3) is 4.11. The lowest BCUT2D eigenvalue weighted by Gasteiger charge is -2.25. The summed E-state index contributed by atoms with van der Waals surface area (Å²) >= 11 is 0. The normalized spacial score (nSPS) is 10.8. The van der Waals surface area contributed by atoms with E-state index < -0.39 is 0 Å². The molecule has 0 bridgehead atoms. The van der Waals surface area contributed by atoms with Crippen LogP contribution in [0.25, 0.3) is 0 Å². The summed E-state index contributed by atoms with van der Waals surface area (Å²) in [5, 5.41) is 3.84. The Balaban J connectivity index is 2.20. The molecule has 2 heteroatoms. The fourth-order valence-corrected chi connectivity index (χ4v) is 4.40. The van der Waals surface area contributed by atoms with E-state index in [0.717, 1.165) is 5.69 Å². The Morgan fingerprint density at radius 3 is 1.26 bits per heavy atom. The molecule has 0 atom stereocenters. The third-order valence-electron chi connectivity index (χ3n) is 5.42. The van der Waals surface area contributed by atoms with E-state index in [-0.39, 0.29) is 6.85 Å². The molecule has 3 rings (SSSR count). The lowest BCUT2D eigenvalue weighted by Crippen LogP contribution is -2.53. The van der Waals surface area contributed by atoms with Crippen LogP contribution in [0.3, 0.4) is 0 Å². The molecule has 0 fully saturated rings. The highest BCUT2D eigenvalue weighted by Gasteiger charge is 2.27. The molecule has 0 aromatic heterocycles. The first-order chi connectivity index (χ1) is 12.8. The van der Waals surface area contributed by atoms with E-state index in [9.17, 15) is 0 Å². The van der Waals surface area contributed by atoms with Gasteiger partial charge in [-0.25, -0.2) is 0 Å². The van der Waals surface area contributed by atoms with Crippen LogP contribution in [-0.2, 0) is 0 Å². The van der Waals surface area contributed by atoms with Gasteiger partial charge in [-0.05, 0) is 71.5 Å². The molecule has 0 amide bonds. The fraction of sp³-hybridized carbons (Fsp3) is 0.280. The standard InChI is InChI=1S/C25H30BN/c1-16-8-10-23(11-9-16)27-26(24-19(4)12-17(2)13-20(24)5)25-21(6)14-18(3)15-22(25)7/h8-15,27H,1-7H3. The van der Waals surface area contributed by atoms with Crippen molar-refractivity contribution in [2.24, 2.45) is 0 Å². The largest absolute Gasteiger partial charge is 0.420 e. The van der Waals surface area contributed by atoms with Crippen molar-refractivity contribution in [1.29, 1.82) is 0 Å². The van der Waals surface area contributed by atoms with Crippen molar-refractivity contribution in [3.63, 3.8) is 0 Å². The van der Waals surface area contributed by atoms with Gasteiger partial charge < -0.3 is 5.23 Å². The van der Waals surface area contributed by atoms with Crippen molar-refractivity contribution in [1.82, 2.24) is 0 Å². The second-order valence-corrected chi connectivity index (χ2v) is 8.07. The van der Waals surface area contributed by atoms with Gasteiger partial charge in [-0.15, -0.1) is 0 Å². The summed E-state index contributed by atoms with van der Waals surface area (Å²) in [5.74, 6) is 0. The van der Waals surface area contributed by atoms with Crippen molar-refractivity contribution < 1.29 is 0 Å². The Morgan fingerprint density at radius 1 is 0.519 bits per heavy atom. The van der Waals surface area contributed by atoms with Crippen molar-refractivity contribution in [3.05, 3.63) is 87.5 Å². The highest BCUT2D eigenvalue weighted by molar-refractivity contribution is 6.88. The zero-order valence-corrected chi connectivity index (χ0v) is 17.7. The van der Waals surface area contributed by atoms with Crippen LogP contribution in [0.4, 0.5) is 5.69 Å². The Bertz CT molecular complexity index is 867. The van der Waals surface area contributed by atoms with Crippen LogP contribution < -0.4 is 16.2 Å². The molecule has 1 nitrogen and oxygen atoms in total. The maximum Gasteiger partial charge on any atom is 0.322 e. The van der Waals surface area contributed by atoms with E-state index in [1.54, 1.807) is 0 Å². The summed E-state index contributed by atoms with van der Waals surface area (Å²) in [5.41, 5.74) is 13.2. The van der Waals surface area contributed by atoms with Crippen molar-refractivity contribution in [3.8, 4) is 0 Å². The van der Waals surface area contributed by atoms with E-state index in [1.165, 1.54) is 49.9 Å². The zero-order chi connectivity index (χ0) is 19.7.